The van der Waals surface area contributed by atoms with E-state index >= 15 is 0 Å². The van der Waals surface area contributed by atoms with E-state index < -0.39 is 5.97 Å². The maximum atomic E-state index is 10.3. The fourth-order valence-corrected chi connectivity index (χ4v) is 1.38. The molecule has 0 unspecified atom stereocenters. The van der Waals surface area contributed by atoms with Gasteiger partial charge in [0.25, 0.3) is 0 Å². The molecule has 0 saturated heterocycles. The van der Waals surface area contributed by atoms with Gasteiger partial charge in [0.1, 0.15) is 5.75 Å². The van der Waals surface area contributed by atoms with E-state index in [0.717, 1.165) is 5.56 Å². The Bertz CT molecular complexity index is 336. The predicted octanol–water partition coefficient (Wildman–Crippen LogP) is 2.37. The van der Waals surface area contributed by atoms with Crippen LogP contribution in [0.2, 0.25) is 5.02 Å². The second-order valence-electron chi connectivity index (χ2n) is 2.89. The first-order valence-corrected chi connectivity index (χ1v) is 4.55. The summed E-state index contributed by atoms with van der Waals surface area (Å²) in [4.78, 5) is 10.3. The molecule has 0 aliphatic heterocycles. The smallest absolute Gasteiger partial charge is 0.303 e. The summed E-state index contributed by atoms with van der Waals surface area (Å²) in [6.07, 6.45) is 0.565. The van der Waals surface area contributed by atoms with Crippen molar-refractivity contribution in [3.8, 4) is 5.75 Å². The van der Waals surface area contributed by atoms with Crippen LogP contribution in [0.5, 0.6) is 5.75 Å². The van der Waals surface area contributed by atoms with Gasteiger partial charge in [-0.25, -0.2) is 0 Å². The summed E-state index contributed by atoms with van der Waals surface area (Å²) in [7, 11) is 1.55. The number of carboxylic acid groups (broad SMARTS) is 1. The van der Waals surface area contributed by atoms with Crippen LogP contribution in [0.3, 0.4) is 0 Å². The van der Waals surface area contributed by atoms with Crippen LogP contribution in [0.1, 0.15) is 12.0 Å². The minimum absolute atomic E-state index is 0.101. The minimum Gasteiger partial charge on any atom is -0.497 e. The summed E-state index contributed by atoms with van der Waals surface area (Å²) in [6.45, 7) is 0. The zero-order valence-electron chi connectivity index (χ0n) is 7.79. The highest BCUT2D eigenvalue weighted by Gasteiger charge is 2.02. The van der Waals surface area contributed by atoms with E-state index in [1.54, 1.807) is 25.3 Å². The van der Waals surface area contributed by atoms with Crippen molar-refractivity contribution in [1.29, 1.82) is 0 Å². The van der Waals surface area contributed by atoms with E-state index in [0.29, 0.717) is 17.2 Å². The number of ether oxygens (including phenoxy) is 1. The van der Waals surface area contributed by atoms with Crippen molar-refractivity contribution in [2.75, 3.05) is 7.11 Å². The van der Waals surface area contributed by atoms with Gasteiger partial charge in [0.05, 0.1) is 7.11 Å². The number of aryl methyl sites for hydroxylation is 1. The zero-order valence-corrected chi connectivity index (χ0v) is 8.54. The molecule has 0 atom stereocenters. The van der Waals surface area contributed by atoms with E-state index in [1.807, 2.05) is 0 Å². The van der Waals surface area contributed by atoms with Crippen LogP contribution in [-0.2, 0) is 11.2 Å². The molecule has 76 valence electrons. The molecule has 0 aliphatic carbocycles. The van der Waals surface area contributed by atoms with E-state index in [9.17, 15) is 4.79 Å². The predicted molar refractivity (Wildman–Crippen MR) is 54.0 cm³/mol. The third kappa shape index (κ3) is 3.26. The molecule has 0 aliphatic rings. The molecule has 0 fully saturated rings. The topological polar surface area (TPSA) is 46.5 Å². The molecule has 1 N–H and O–H groups in total. The normalized spacial score (nSPS) is 9.86. The minimum atomic E-state index is -0.816. The molecule has 0 spiro atoms. The highest BCUT2D eigenvalue weighted by atomic mass is 35.5. The van der Waals surface area contributed by atoms with Gasteiger partial charge in [-0.05, 0) is 30.2 Å². The maximum absolute atomic E-state index is 10.3. The van der Waals surface area contributed by atoms with Crippen LogP contribution < -0.4 is 4.74 Å². The van der Waals surface area contributed by atoms with E-state index in [-0.39, 0.29) is 6.42 Å². The van der Waals surface area contributed by atoms with Crippen molar-refractivity contribution in [3.63, 3.8) is 0 Å². The monoisotopic (exact) mass is 214 g/mol. The Morgan fingerprint density at radius 1 is 1.50 bits per heavy atom. The summed E-state index contributed by atoms with van der Waals surface area (Å²) in [5, 5.41) is 9.07. The van der Waals surface area contributed by atoms with Gasteiger partial charge in [-0.15, -0.1) is 0 Å². The molecule has 0 radical (unpaired) electrons. The maximum Gasteiger partial charge on any atom is 0.303 e. The molecule has 0 bridgehead atoms. The van der Waals surface area contributed by atoms with Crippen LogP contribution in [0.4, 0.5) is 0 Å². The third-order valence-electron chi connectivity index (χ3n) is 1.79. The van der Waals surface area contributed by atoms with Crippen LogP contribution in [0.15, 0.2) is 18.2 Å². The lowest BCUT2D eigenvalue weighted by Crippen LogP contribution is -1.97. The second kappa shape index (κ2) is 4.86. The van der Waals surface area contributed by atoms with Gasteiger partial charge < -0.3 is 9.84 Å². The van der Waals surface area contributed by atoms with Gasteiger partial charge in [-0.2, -0.15) is 0 Å². The molecule has 1 rings (SSSR count). The summed E-state index contributed by atoms with van der Waals surface area (Å²) < 4.78 is 5.01. The van der Waals surface area contributed by atoms with Crippen molar-refractivity contribution in [2.24, 2.45) is 0 Å². The summed E-state index contributed by atoms with van der Waals surface area (Å²) >= 11 is 5.82. The van der Waals surface area contributed by atoms with E-state index in [2.05, 4.69) is 0 Å². The molecule has 0 aromatic heterocycles. The first-order valence-electron chi connectivity index (χ1n) is 4.17. The molecular formula is C10H11ClO3. The highest BCUT2D eigenvalue weighted by molar-refractivity contribution is 6.30. The summed E-state index contributed by atoms with van der Waals surface area (Å²) in [5.74, 6) is -0.165. The van der Waals surface area contributed by atoms with Crippen LogP contribution in [-0.4, -0.2) is 18.2 Å². The Balaban J connectivity index is 2.76. The van der Waals surface area contributed by atoms with Crippen LogP contribution >= 0.6 is 11.6 Å². The molecular weight excluding hydrogens is 204 g/mol. The molecule has 3 nitrogen and oxygen atoms in total. The second-order valence-corrected chi connectivity index (χ2v) is 3.33. The standard InChI is InChI=1S/C10H11ClO3/c1-14-9-5-7(2-3-10(12)13)4-8(11)6-9/h4-6H,2-3H2,1H3,(H,12,13). The molecule has 1 aromatic carbocycles. The van der Waals surface area contributed by atoms with Crippen molar-refractivity contribution in [3.05, 3.63) is 28.8 Å². The fourth-order valence-electron chi connectivity index (χ4n) is 1.13. The number of hydrogen-bond acceptors (Lipinski definition) is 2. The van der Waals surface area contributed by atoms with Crippen LogP contribution in [0, 0.1) is 0 Å². The largest absolute Gasteiger partial charge is 0.497 e. The number of carboxylic acids is 1. The average molecular weight is 215 g/mol. The molecule has 0 saturated carbocycles. The number of hydrogen-bond donors (Lipinski definition) is 1. The van der Waals surface area contributed by atoms with Gasteiger partial charge in [0.2, 0.25) is 0 Å². The molecule has 4 heteroatoms. The number of aliphatic carboxylic acids is 1. The number of rotatable bonds is 4. The third-order valence-corrected chi connectivity index (χ3v) is 2.01. The van der Waals surface area contributed by atoms with Crippen molar-refractivity contribution < 1.29 is 14.6 Å². The van der Waals surface area contributed by atoms with Crippen molar-refractivity contribution in [2.45, 2.75) is 12.8 Å². The van der Waals surface area contributed by atoms with Crippen molar-refractivity contribution >= 4 is 17.6 Å². The number of halogens is 1. The molecule has 14 heavy (non-hydrogen) atoms. The lowest BCUT2D eigenvalue weighted by atomic mass is 10.1. The lowest BCUT2D eigenvalue weighted by Gasteiger charge is -2.04. The SMILES string of the molecule is COc1cc(Cl)cc(CCC(=O)O)c1. The van der Waals surface area contributed by atoms with Gasteiger partial charge in [-0.3, -0.25) is 4.79 Å². The average Bonchev–Trinajstić information content (AvgIpc) is 2.14. The Labute approximate surface area is 87.3 Å². The zero-order chi connectivity index (χ0) is 10.6. The summed E-state index contributed by atoms with van der Waals surface area (Å²) in [6, 6.07) is 5.22. The Morgan fingerprint density at radius 3 is 2.79 bits per heavy atom. The number of carbonyl (C=O) groups is 1. The van der Waals surface area contributed by atoms with Crippen molar-refractivity contribution in [1.82, 2.24) is 0 Å². The first-order chi connectivity index (χ1) is 6.61. The lowest BCUT2D eigenvalue weighted by molar-refractivity contribution is -0.136. The van der Waals surface area contributed by atoms with E-state index in [4.69, 9.17) is 21.4 Å². The van der Waals surface area contributed by atoms with Gasteiger partial charge in [0.15, 0.2) is 0 Å². The number of methoxy groups -OCH3 is 1. The molecule has 1 aromatic rings. The summed E-state index contributed by atoms with van der Waals surface area (Å²) in [5.41, 5.74) is 0.872. The highest BCUT2D eigenvalue weighted by Crippen LogP contribution is 2.21. The Morgan fingerprint density at radius 2 is 2.21 bits per heavy atom. The fraction of sp³-hybridized carbons (Fsp3) is 0.300. The van der Waals surface area contributed by atoms with Gasteiger partial charge in [0, 0.05) is 11.4 Å². The van der Waals surface area contributed by atoms with E-state index in [1.165, 1.54) is 0 Å². The first kappa shape index (κ1) is 10.9. The Kier molecular flexibility index (Phi) is 3.77. The van der Waals surface area contributed by atoms with Crippen LogP contribution in [0.25, 0.3) is 0 Å². The number of benzene rings is 1. The van der Waals surface area contributed by atoms with Gasteiger partial charge >= 0.3 is 5.97 Å². The Hall–Kier alpha value is -1.22. The van der Waals surface area contributed by atoms with Gasteiger partial charge in [-0.1, -0.05) is 11.6 Å². The molecule has 0 heterocycles. The molecule has 0 amide bonds. The quantitative estimate of drug-likeness (QED) is 0.837.